The summed E-state index contributed by atoms with van der Waals surface area (Å²) in [4.78, 5) is 13.7. The average Bonchev–Trinajstić information content (AvgIpc) is 3.39. The van der Waals surface area contributed by atoms with Crippen LogP contribution in [0, 0.1) is 12.3 Å². The van der Waals surface area contributed by atoms with Crippen LogP contribution in [-0.2, 0) is 38.0 Å². The number of benzene rings is 1. The van der Waals surface area contributed by atoms with Gasteiger partial charge in [0.2, 0.25) is 5.41 Å². The highest BCUT2D eigenvalue weighted by Gasteiger charge is 2.84. The van der Waals surface area contributed by atoms with Crippen molar-refractivity contribution in [2.75, 3.05) is 13.2 Å². The summed E-state index contributed by atoms with van der Waals surface area (Å²) in [5.74, 6) is -2.14. The van der Waals surface area contributed by atoms with Gasteiger partial charge in [0.15, 0.2) is 11.4 Å². The molecule has 164 valence electrons. The van der Waals surface area contributed by atoms with Crippen molar-refractivity contribution < 1.29 is 36.3 Å². The second-order valence-electron chi connectivity index (χ2n) is 8.92. The topological polar surface area (TPSA) is 97.4 Å². The van der Waals surface area contributed by atoms with E-state index >= 15 is 0 Å². The standard InChI is InChI=1S/C22H22O8S/c1-14-3-5-15(6-4-14)31(24,25)30-17-13-19(2)16-7-8-20(28-16)9-10-21(26-11-12-27-21)22(17,20)18(23)29-19/h3-8,13,16H,9-12H2,1-2H3/t16-,19+,20-,22-/m0/s1. The summed E-state index contributed by atoms with van der Waals surface area (Å²) in [5.41, 5.74) is -3.21. The van der Waals surface area contributed by atoms with E-state index < -0.39 is 44.6 Å². The van der Waals surface area contributed by atoms with E-state index in [0.29, 0.717) is 12.8 Å². The normalized spacial score (nSPS) is 39.4. The van der Waals surface area contributed by atoms with Crippen LogP contribution in [0.5, 0.6) is 0 Å². The fourth-order valence-corrected chi connectivity index (χ4v) is 6.65. The molecule has 5 aliphatic heterocycles. The van der Waals surface area contributed by atoms with Gasteiger partial charge in [-0.25, -0.2) is 0 Å². The first kappa shape index (κ1) is 19.5. The van der Waals surface area contributed by atoms with Crippen molar-refractivity contribution in [2.45, 2.75) is 54.7 Å². The molecule has 0 aromatic heterocycles. The second-order valence-corrected chi connectivity index (χ2v) is 10.5. The van der Waals surface area contributed by atoms with Crippen LogP contribution in [-0.4, -0.2) is 50.7 Å². The van der Waals surface area contributed by atoms with Crippen LogP contribution in [0.2, 0.25) is 0 Å². The molecule has 0 radical (unpaired) electrons. The maximum Gasteiger partial charge on any atom is 0.338 e. The van der Waals surface area contributed by atoms with Crippen LogP contribution in [0.3, 0.4) is 0 Å². The van der Waals surface area contributed by atoms with Crippen molar-refractivity contribution in [3.05, 3.63) is 53.8 Å². The van der Waals surface area contributed by atoms with Gasteiger partial charge in [-0.3, -0.25) is 4.79 Å². The number of aryl methyl sites for hydroxylation is 1. The molecule has 1 aliphatic carbocycles. The summed E-state index contributed by atoms with van der Waals surface area (Å²) in [6.07, 6.45) is 5.39. The minimum Gasteiger partial charge on any atom is -0.451 e. The zero-order valence-electron chi connectivity index (χ0n) is 17.1. The summed E-state index contributed by atoms with van der Waals surface area (Å²) in [6, 6.07) is 6.33. The predicted octanol–water partition coefficient (Wildman–Crippen LogP) is 2.13. The quantitative estimate of drug-likeness (QED) is 0.396. The van der Waals surface area contributed by atoms with Gasteiger partial charge in [0.1, 0.15) is 22.4 Å². The van der Waals surface area contributed by atoms with Crippen molar-refractivity contribution >= 4 is 16.1 Å². The van der Waals surface area contributed by atoms with Gasteiger partial charge in [-0.05, 0) is 32.4 Å². The molecule has 1 aromatic carbocycles. The molecule has 2 saturated heterocycles. The number of esters is 1. The first-order chi connectivity index (χ1) is 14.7. The fraction of sp³-hybridized carbons (Fsp3) is 0.500. The lowest BCUT2D eigenvalue weighted by atomic mass is 9.67. The molecule has 1 aromatic rings. The van der Waals surface area contributed by atoms with Crippen molar-refractivity contribution in [2.24, 2.45) is 5.41 Å². The Labute approximate surface area is 179 Å². The highest BCUT2D eigenvalue weighted by Crippen LogP contribution is 2.69. The zero-order valence-corrected chi connectivity index (χ0v) is 17.9. The Morgan fingerprint density at radius 2 is 1.81 bits per heavy atom. The van der Waals surface area contributed by atoms with E-state index in [1.807, 2.05) is 19.1 Å². The van der Waals surface area contributed by atoms with Crippen molar-refractivity contribution in [1.82, 2.24) is 0 Å². The third kappa shape index (κ3) is 2.20. The maximum absolute atomic E-state index is 13.7. The predicted molar refractivity (Wildman–Crippen MR) is 105 cm³/mol. The van der Waals surface area contributed by atoms with Crippen molar-refractivity contribution in [3.63, 3.8) is 0 Å². The number of hydrogen-bond acceptors (Lipinski definition) is 8. The Balaban J connectivity index is 1.56. The molecule has 4 bridgehead atoms. The summed E-state index contributed by atoms with van der Waals surface area (Å²) in [7, 11) is -4.24. The first-order valence-electron chi connectivity index (χ1n) is 10.3. The van der Waals surface area contributed by atoms with E-state index in [0.717, 1.165) is 5.56 Å². The van der Waals surface area contributed by atoms with E-state index in [1.165, 1.54) is 12.1 Å². The molecule has 31 heavy (non-hydrogen) atoms. The molecular weight excluding hydrogens is 424 g/mol. The molecule has 0 amide bonds. The molecule has 5 heterocycles. The molecule has 3 fully saturated rings. The SMILES string of the molecule is Cc1ccc(S(=O)(=O)OC2=C[C@@]3(C)OC(=O)[C@@]24C2(CC[C@@]45C=C[C@@H]3O5)OCCO2)cc1. The van der Waals surface area contributed by atoms with Crippen LogP contribution in [0.1, 0.15) is 25.3 Å². The Morgan fingerprint density at radius 1 is 1.10 bits per heavy atom. The van der Waals surface area contributed by atoms with Crippen molar-refractivity contribution in [1.29, 1.82) is 0 Å². The number of fused-ring (bicyclic) bond motifs is 1. The third-order valence-corrected chi connectivity index (χ3v) is 8.39. The molecule has 0 N–H and O–H groups in total. The zero-order chi connectivity index (χ0) is 21.7. The van der Waals surface area contributed by atoms with Gasteiger partial charge in [0, 0.05) is 12.5 Å². The maximum atomic E-state index is 13.7. The van der Waals surface area contributed by atoms with E-state index in [1.54, 1.807) is 25.1 Å². The largest absolute Gasteiger partial charge is 0.451 e. The molecule has 3 spiro atoms. The van der Waals surface area contributed by atoms with E-state index in [9.17, 15) is 13.2 Å². The monoisotopic (exact) mass is 446 g/mol. The molecule has 7 rings (SSSR count). The summed E-state index contributed by atoms with van der Waals surface area (Å²) in [6.45, 7) is 4.08. The van der Waals surface area contributed by atoms with Crippen LogP contribution >= 0.6 is 0 Å². The van der Waals surface area contributed by atoms with Gasteiger partial charge >= 0.3 is 16.1 Å². The van der Waals surface area contributed by atoms with Gasteiger partial charge in [0.25, 0.3) is 0 Å². The second kappa shape index (κ2) is 5.78. The fourth-order valence-electron chi connectivity index (χ4n) is 5.67. The van der Waals surface area contributed by atoms with Gasteiger partial charge < -0.3 is 23.1 Å². The molecule has 8 nitrogen and oxygen atoms in total. The van der Waals surface area contributed by atoms with Crippen molar-refractivity contribution in [3.8, 4) is 0 Å². The minimum atomic E-state index is -4.24. The molecule has 1 saturated carbocycles. The molecule has 9 heteroatoms. The number of hydrogen-bond donors (Lipinski definition) is 0. The van der Waals surface area contributed by atoms with Gasteiger partial charge in [-0.1, -0.05) is 29.8 Å². The van der Waals surface area contributed by atoms with Gasteiger partial charge in [-0.15, -0.1) is 0 Å². The minimum absolute atomic E-state index is 0.00924. The smallest absolute Gasteiger partial charge is 0.338 e. The number of carbonyl (C=O) groups is 1. The number of ether oxygens (including phenoxy) is 4. The lowest BCUT2D eigenvalue weighted by molar-refractivity contribution is -0.246. The summed E-state index contributed by atoms with van der Waals surface area (Å²) in [5, 5.41) is 0. The lowest BCUT2D eigenvalue weighted by Gasteiger charge is -2.47. The van der Waals surface area contributed by atoms with Crippen LogP contribution < -0.4 is 0 Å². The van der Waals surface area contributed by atoms with Gasteiger partial charge in [-0.2, -0.15) is 8.42 Å². The molecule has 6 aliphatic rings. The van der Waals surface area contributed by atoms with Crippen LogP contribution in [0.15, 0.2) is 53.1 Å². The Kier molecular flexibility index (Phi) is 3.63. The molecular formula is C22H22O8S. The number of carbonyl (C=O) groups excluding carboxylic acids is 1. The molecule has 4 atom stereocenters. The third-order valence-electron chi connectivity index (χ3n) is 7.14. The Morgan fingerprint density at radius 3 is 2.52 bits per heavy atom. The highest BCUT2D eigenvalue weighted by atomic mass is 32.2. The molecule has 0 unspecified atom stereocenters. The summed E-state index contributed by atoms with van der Waals surface area (Å²) < 4.78 is 56.5. The van der Waals surface area contributed by atoms with Crippen LogP contribution in [0.4, 0.5) is 0 Å². The lowest BCUT2D eigenvalue weighted by Crippen LogP contribution is -2.63. The van der Waals surface area contributed by atoms with E-state index in [-0.39, 0.29) is 23.9 Å². The van der Waals surface area contributed by atoms with E-state index in [4.69, 9.17) is 23.1 Å². The van der Waals surface area contributed by atoms with Gasteiger partial charge in [0.05, 0.1) is 13.2 Å². The van der Waals surface area contributed by atoms with E-state index in [2.05, 4.69) is 0 Å². The highest BCUT2D eigenvalue weighted by molar-refractivity contribution is 7.86. The Hall–Kier alpha value is -2.20. The summed E-state index contributed by atoms with van der Waals surface area (Å²) >= 11 is 0. The van der Waals surface area contributed by atoms with Crippen LogP contribution in [0.25, 0.3) is 0 Å². The Bertz CT molecular complexity index is 1150. The average molecular weight is 446 g/mol. The number of rotatable bonds is 3. The first-order valence-corrected chi connectivity index (χ1v) is 11.7.